The maximum atomic E-state index is 5.82. The van der Waals surface area contributed by atoms with E-state index in [0.717, 1.165) is 18.8 Å². The summed E-state index contributed by atoms with van der Waals surface area (Å²) in [5.74, 6) is 0.914. The minimum absolute atomic E-state index is 0.0842. The van der Waals surface area contributed by atoms with Crippen LogP contribution >= 0.6 is 13.6 Å². The van der Waals surface area contributed by atoms with Crippen LogP contribution < -0.4 is 4.74 Å². The quantitative estimate of drug-likeness (QED) is 0.472. The predicted octanol–water partition coefficient (Wildman–Crippen LogP) is 5.71. The topological polar surface area (TPSA) is 9.23 Å². The third kappa shape index (κ3) is 6.27. The van der Waals surface area contributed by atoms with Crippen molar-refractivity contribution in [1.29, 1.82) is 0 Å². The van der Waals surface area contributed by atoms with E-state index < -0.39 is 0 Å². The second kappa shape index (κ2) is 8.54. The summed E-state index contributed by atoms with van der Waals surface area (Å²) in [5, 5.41) is 0. The Morgan fingerprint density at radius 2 is 1.65 bits per heavy atom. The van der Waals surface area contributed by atoms with Crippen LogP contribution in [0.2, 0.25) is 0 Å². The molecule has 0 spiro atoms. The fraction of sp³-hybridized carbons (Fsp3) is 0.647. The maximum absolute atomic E-state index is 5.82. The molecule has 0 aliphatic rings. The van der Waals surface area contributed by atoms with E-state index in [2.05, 4.69) is 80.3 Å². The van der Waals surface area contributed by atoms with E-state index in [9.17, 15) is 0 Å². The van der Waals surface area contributed by atoms with Gasteiger partial charge >= 0.3 is 30.0 Å². The Morgan fingerprint density at radius 3 is 2.05 bits per heavy atom. The summed E-state index contributed by atoms with van der Waals surface area (Å²) in [6.07, 6.45) is 1.03. The molecule has 1 aromatic carbocycles. The van der Waals surface area contributed by atoms with Crippen molar-refractivity contribution in [1.82, 2.24) is 0 Å². The van der Waals surface area contributed by atoms with E-state index in [0.29, 0.717) is 0 Å². The molecular formula is C17H27BrOZn. The van der Waals surface area contributed by atoms with Gasteiger partial charge in [-0.15, -0.1) is 11.6 Å². The van der Waals surface area contributed by atoms with E-state index in [-0.39, 0.29) is 10.8 Å². The standard InChI is InChI=1S/C17H27O.BrH.Zn/c1-8-11-18-15-10-9-13(16(2,3)4)12-14(15)17(5,6)7;;/h9,12H,8,11H2,1-7H3;1H;/q-1;;+2/p-1. The molecule has 110 valence electrons. The summed E-state index contributed by atoms with van der Waals surface area (Å²) in [7, 11) is 0. The van der Waals surface area contributed by atoms with Crippen molar-refractivity contribution in [3.8, 4) is 5.75 Å². The van der Waals surface area contributed by atoms with Crippen LogP contribution in [0.3, 0.4) is 0 Å². The molecule has 0 amide bonds. The average Bonchev–Trinajstić information content (AvgIpc) is 2.36. The predicted molar refractivity (Wildman–Crippen MR) is 87.4 cm³/mol. The Labute approximate surface area is 141 Å². The van der Waals surface area contributed by atoms with Crippen LogP contribution in [0, 0.1) is 6.07 Å². The summed E-state index contributed by atoms with van der Waals surface area (Å²) in [6, 6.07) is 7.68. The SMILES string of the molecule is CCCOc1[c-]cc(C(C)(C)C)cc1C(C)(C)C.[Zn+][Br]. The zero-order chi connectivity index (χ0) is 16.0. The van der Waals surface area contributed by atoms with Gasteiger partial charge in [-0.1, -0.05) is 59.3 Å². The third-order valence-corrected chi connectivity index (χ3v) is 3.03. The summed E-state index contributed by atoms with van der Waals surface area (Å²) < 4.78 is 5.82. The molecular weight excluding hydrogens is 365 g/mol. The summed E-state index contributed by atoms with van der Waals surface area (Å²) >= 11 is 4.25. The number of hydrogen-bond donors (Lipinski definition) is 0. The van der Waals surface area contributed by atoms with Gasteiger partial charge in [0.25, 0.3) is 0 Å². The van der Waals surface area contributed by atoms with Crippen LogP contribution in [-0.2, 0) is 27.2 Å². The van der Waals surface area contributed by atoms with E-state index in [1.807, 2.05) is 0 Å². The molecule has 0 aromatic heterocycles. The molecule has 0 saturated heterocycles. The van der Waals surface area contributed by atoms with Gasteiger partial charge < -0.3 is 4.74 Å². The summed E-state index contributed by atoms with van der Waals surface area (Å²) in [6.45, 7) is 16.2. The normalized spacial score (nSPS) is 11.7. The van der Waals surface area contributed by atoms with Gasteiger partial charge in [-0.05, 0) is 6.42 Å². The van der Waals surface area contributed by atoms with Gasteiger partial charge in [-0.2, -0.15) is 17.7 Å². The molecule has 0 radical (unpaired) electrons. The Bertz CT molecular complexity index is 402. The van der Waals surface area contributed by atoms with Gasteiger partial charge in [0.05, 0.1) is 6.61 Å². The van der Waals surface area contributed by atoms with E-state index in [1.165, 1.54) is 27.5 Å². The van der Waals surface area contributed by atoms with Crippen molar-refractivity contribution in [3.63, 3.8) is 0 Å². The molecule has 20 heavy (non-hydrogen) atoms. The van der Waals surface area contributed by atoms with Crippen molar-refractivity contribution >= 4 is 13.6 Å². The number of ether oxygens (including phenoxy) is 1. The third-order valence-electron chi connectivity index (χ3n) is 3.03. The zero-order valence-electron chi connectivity index (χ0n) is 14.1. The second-order valence-electron chi connectivity index (χ2n) is 6.98. The molecule has 1 rings (SSSR count). The molecule has 3 heteroatoms. The molecule has 0 atom stereocenters. The van der Waals surface area contributed by atoms with Gasteiger partial charge in [0.1, 0.15) is 0 Å². The van der Waals surface area contributed by atoms with Crippen molar-refractivity contribution in [2.45, 2.75) is 65.7 Å². The first-order valence-corrected chi connectivity index (χ1v) is 14.1. The summed E-state index contributed by atoms with van der Waals surface area (Å²) in [4.78, 5) is 0. The summed E-state index contributed by atoms with van der Waals surface area (Å²) in [5.41, 5.74) is 2.81. The first-order valence-electron chi connectivity index (χ1n) is 7.12. The molecule has 0 aliphatic heterocycles. The van der Waals surface area contributed by atoms with Gasteiger partial charge in [0, 0.05) is 5.75 Å². The van der Waals surface area contributed by atoms with Crippen LogP contribution in [0.5, 0.6) is 5.75 Å². The van der Waals surface area contributed by atoms with Crippen LogP contribution in [0.4, 0.5) is 0 Å². The molecule has 0 heterocycles. The fourth-order valence-electron chi connectivity index (χ4n) is 1.80. The molecule has 0 saturated carbocycles. The Kier molecular flexibility index (Phi) is 8.59. The monoisotopic (exact) mass is 390 g/mol. The Hall–Kier alpha value is 0.123. The number of halogens is 1. The Balaban J connectivity index is 0.00000172. The van der Waals surface area contributed by atoms with Crippen molar-refractivity contribution in [2.24, 2.45) is 0 Å². The van der Waals surface area contributed by atoms with Crippen molar-refractivity contribution in [2.75, 3.05) is 6.61 Å². The van der Waals surface area contributed by atoms with E-state index in [4.69, 9.17) is 4.74 Å². The van der Waals surface area contributed by atoms with Gasteiger partial charge in [-0.3, -0.25) is 0 Å². The fourth-order valence-corrected chi connectivity index (χ4v) is 1.80. The van der Waals surface area contributed by atoms with Crippen molar-refractivity contribution in [3.05, 3.63) is 29.3 Å². The number of rotatable bonds is 3. The molecule has 0 unspecified atom stereocenters. The average molecular weight is 393 g/mol. The van der Waals surface area contributed by atoms with Gasteiger partial charge in [0.2, 0.25) is 0 Å². The molecule has 0 aliphatic carbocycles. The van der Waals surface area contributed by atoms with Gasteiger partial charge in [0.15, 0.2) is 0 Å². The molecule has 0 bridgehead atoms. The first-order chi connectivity index (χ1) is 9.16. The van der Waals surface area contributed by atoms with E-state index in [1.54, 1.807) is 0 Å². The molecule has 1 aromatic rings. The number of hydrogen-bond acceptors (Lipinski definition) is 1. The van der Waals surface area contributed by atoms with Crippen molar-refractivity contribution < 1.29 is 21.1 Å². The minimum atomic E-state index is 0.0842. The van der Waals surface area contributed by atoms with E-state index >= 15 is 0 Å². The number of benzene rings is 1. The second-order valence-corrected chi connectivity index (χ2v) is 6.98. The Morgan fingerprint density at radius 1 is 1.10 bits per heavy atom. The van der Waals surface area contributed by atoms with Crippen LogP contribution in [0.25, 0.3) is 0 Å². The van der Waals surface area contributed by atoms with Crippen LogP contribution in [0.1, 0.15) is 66.0 Å². The first kappa shape index (κ1) is 20.1. The van der Waals surface area contributed by atoms with Crippen LogP contribution in [0.15, 0.2) is 12.1 Å². The molecule has 0 fully saturated rings. The van der Waals surface area contributed by atoms with Gasteiger partial charge in [-0.25, -0.2) is 0 Å². The zero-order valence-corrected chi connectivity index (χ0v) is 18.6. The molecule has 1 nitrogen and oxygen atoms in total. The molecule has 0 N–H and O–H groups in total. The van der Waals surface area contributed by atoms with Crippen LogP contribution in [-0.4, -0.2) is 6.61 Å².